The normalized spacial score (nSPS) is 21.9. The quantitative estimate of drug-likeness (QED) is 0.375. The zero-order valence-corrected chi connectivity index (χ0v) is 20.3. The third-order valence-electron chi connectivity index (χ3n) is 7.17. The summed E-state index contributed by atoms with van der Waals surface area (Å²) >= 11 is 0. The molecule has 3 heterocycles. The average Bonchev–Trinajstić information content (AvgIpc) is 3.23. The molecule has 0 bridgehead atoms. The van der Waals surface area contributed by atoms with Crippen molar-refractivity contribution in [2.75, 3.05) is 23.7 Å². The first-order valence-electron chi connectivity index (χ1n) is 12.4. The van der Waals surface area contributed by atoms with Crippen LogP contribution >= 0.6 is 0 Å². The van der Waals surface area contributed by atoms with Crippen LogP contribution in [0.1, 0.15) is 44.6 Å². The van der Waals surface area contributed by atoms with Gasteiger partial charge >= 0.3 is 6.09 Å². The Morgan fingerprint density at radius 1 is 1.05 bits per heavy atom. The number of carbonyl (C=O) groups is 2. The van der Waals surface area contributed by atoms with Gasteiger partial charge in [0.1, 0.15) is 17.0 Å². The molecule has 1 atom stereocenters. The Kier molecular flexibility index (Phi) is 6.95. The second-order valence-electron chi connectivity index (χ2n) is 9.70. The number of hydrogen-bond donors (Lipinski definition) is 4. The summed E-state index contributed by atoms with van der Waals surface area (Å²) in [6.45, 7) is 0.739. The maximum atomic E-state index is 14.5. The lowest BCUT2D eigenvalue weighted by Gasteiger charge is -2.31. The summed E-state index contributed by atoms with van der Waals surface area (Å²) in [6, 6.07) is 0.732. The van der Waals surface area contributed by atoms with Gasteiger partial charge in [-0.15, -0.1) is 0 Å². The second-order valence-corrected chi connectivity index (χ2v) is 9.70. The molecule has 2 fully saturated rings. The number of fused-ring (bicyclic) bond motifs is 1. The van der Waals surface area contributed by atoms with Crippen molar-refractivity contribution in [3.63, 3.8) is 0 Å². The van der Waals surface area contributed by atoms with Crippen molar-refractivity contribution in [2.45, 2.75) is 50.6 Å². The van der Waals surface area contributed by atoms with Gasteiger partial charge in [0.15, 0.2) is 17.3 Å². The Morgan fingerprint density at radius 2 is 1.76 bits per heavy atom. The lowest BCUT2D eigenvalue weighted by molar-refractivity contribution is -0.122. The van der Waals surface area contributed by atoms with E-state index in [4.69, 9.17) is 5.73 Å². The minimum atomic E-state index is -1.12. The van der Waals surface area contributed by atoms with Crippen molar-refractivity contribution in [3.05, 3.63) is 35.8 Å². The number of carboxylic acid groups (broad SMARTS) is 1. The van der Waals surface area contributed by atoms with E-state index in [1.165, 1.54) is 11.1 Å². The van der Waals surface area contributed by atoms with Crippen LogP contribution in [0.15, 0.2) is 18.3 Å². The zero-order valence-electron chi connectivity index (χ0n) is 20.3. The molecule has 202 valence electrons. The number of carbonyl (C=O) groups excluding carboxylic acids is 1. The Balaban J connectivity index is 1.50. The number of likely N-dealkylation sites (tertiary alicyclic amines) is 1. The van der Waals surface area contributed by atoms with Crippen LogP contribution in [0.5, 0.6) is 0 Å². The van der Waals surface area contributed by atoms with E-state index >= 15 is 0 Å². The Morgan fingerprint density at radius 3 is 2.42 bits per heavy atom. The number of piperidine rings is 1. The number of hydrogen-bond acceptors (Lipinski definition) is 7. The zero-order chi connectivity index (χ0) is 27.0. The van der Waals surface area contributed by atoms with Crippen LogP contribution < -0.4 is 16.4 Å². The fourth-order valence-corrected chi connectivity index (χ4v) is 5.24. The number of rotatable bonds is 6. The first-order chi connectivity index (χ1) is 18.2. The number of nitrogens with two attached hydrogens (primary N) is 1. The molecule has 5 rings (SSSR count). The number of benzene rings is 1. The molecule has 38 heavy (non-hydrogen) atoms. The number of aromatic nitrogens is 4. The van der Waals surface area contributed by atoms with Gasteiger partial charge in [-0.05, 0) is 38.5 Å². The molecule has 1 aliphatic carbocycles. The van der Waals surface area contributed by atoms with E-state index in [9.17, 15) is 27.9 Å². The molecule has 14 heteroatoms. The highest BCUT2D eigenvalue weighted by molar-refractivity contribution is 5.78. The van der Waals surface area contributed by atoms with Crippen molar-refractivity contribution < 1.29 is 27.9 Å². The fourth-order valence-electron chi connectivity index (χ4n) is 5.24. The fraction of sp³-hybridized carbons (Fsp3) is 0.458. The Bertz CT molecular complexity index is 1350. The maximum Gasteiger partial charge on any atom is 0.407 e. The molecule has 1 saturated heterocycles. The standard InChI is InChI=1S/C24H27F3N8O3/c25-13-8-16(26)19(17(27)9-13)32-23-31-18-10-29-22(30-14-2-1-7-34(11-14)24(37)38)33-21(18)35(23)15-5-3-12(4-6-15)20(28)36/h8-10,12,14-15H,1-7,11H2,(H2,28,36)(H,31,32)(H,37,38)(H,29,30,33)/t12-,14?,15+. The van der Waals surface area contributed by atoms with Gasteiger partial charge < -0.3 is 26.4 Å². The molecule has 1 saturated carbocycles. The van der Waals surface area contributed by atoms with Gasteiger partial charge in [0.05, 0.1) is 6.20 Å². The molecule has 0 radical (unpaired) electrons. The largest absolute Gasteiger partial charge is 0.465 e. The molecule has 2 aromatic heterocycles. The number of nitrogens with one attached hydrogen (secondary N) is 2. The summed E-state index contributed by atoms with van der Waals surface area (Å²) in [4.78, 5) is 37.8. The highest BCUT2D eigenvalue weighted by Gasteiger charge is 2.30. The SMILES string of the molecule is NC(=O)[C@H]1CC[C@@H](n2c(Nc3c(F)cc(F)cc3F)nc3cnc(NC4CCCN(C(=O)O)C4)nc32)CC1. The number of primary amides is 1. The number of nitrogens with zero attached hydrogens (tertiary/aromatic N) is 5. The highest BCUT2D eigenvalue weighted by Crippen LogP contribution is 2.37. The summed E-state index contributed by atoms with van der Waals surface area (Å²) in [7, 11) is 0. The average molecular weight is 533 g/mol. The molecule has 5 N–H and O–H groups in total. The van der Waals surface area contributed by atoms with E-state index in [1.807, 2.05) is 0 Å². The van der Waals surface area contributed by atoms with E-state index in [1.54, 1.807) is 4.57 Å². The van der Waals surface area contributed by atoms with E-state index in [2.05, 4.69) is 25.6 Å². The molecule has 11 nitrogen and oxygen atoms in total. The lowest BCUT2D eigenvalue weighted by Crippen LogP contribution is -2.44. The maximum absolute atomic E-state index is 14.5. The summed E-state index contributed by atoms with van der Waals surface area (Å²) < 4.78 is 44.1. The van der Waals surface area contributed by atoms with Gasteiger partial charge in [-0.3, -0.25) is 9.36 Å². The molecular weight excluding hydrogens is 505 g/mol. The third kappa shape index (κ3) is 5.15. The van der Waals surface area contributed by atoms with Crippen molar-refractivity contribution in [1.82, 2.24) is 24.4 Å². The van der Waals surface area contributed by atoms with Crippen LogP contribution in [0.25, 0.3) is 11.2 Å². The van der Waals surface area contributed by atoms with Crippen molar-refractivity contribution >= 4 is 40.7 Å². The molecule has 1 aliphatic heterocycles. The predicted octanol–water partition coefficient (Wildman–Crippen LogP) is 3.76. The highest BCUT2D eigenvalue weighted by atomic mass is 19.1. The Hall–Kier alpha value is -4.10. The summed E-state index contributed by atoms with van der Waals surface area (Å²) in [5.74, 6) is -3.57. The van der Waals surface area contributed by atoms with Crippen LogP contribution in [0.2, 0.25) is 0 Å². The van der Waals surface area contributed by atoms with E-state index in [-0.39, 0.29) is 42.4 Å². The van der Waals surface area contributed by atoms with Crippen LogP contribution in [0, 0.1) is 23.4 Å². The number of amides is 2. The van der Waals surface area contributed by atoms with Crippen molar-refractivity contribution in [2.24, 2.45) is 11.7 Å². The van der Waals surface area contributed by atoms with Gasteiger partial charge in [-0.2, -0.15) is 4.98 Å². The lowest BCUT2D eigenvalue weighted by atomic mass is 9.85. The summed E-state index contributed by atoms with van der Waals surface area (Å²) in [5, 5.41) is 15.2. The number of imidazole rings is 1. The van der Waals surface area contributed by atoms with E-state index in [0.29, 0.717) is 61.9 Å². The van der Waals surface area contributed by atoms with Gasteiger partial charge in [0.2, 0.25) is 17.8 Å². The van der Waals surface area contributed by atoms with E-state index in [0.717, 1.165) is 6.42 Å². The molecular formula is C24H27F3N8O3. The van der Waals surface area contributed by atoms with Crippen LogP contribution in [0.4, 0.5) is 35.5 Å². The van der Waals surface area contributed by atoms with Crippen molar-refractivity contribution in [1.29, 1.82) is 0 Å². The minimum absolute atomic E-state index is 0.0908. The van der Waals surface area contributed by atoms with Crippen molar-refractivity contribution in [3.8, 4) is 0 Å². The topological polar surface area (TPSA) is 151 Å². The summed E-state index contributed by atoms with van der Waals surface area (Å²) in [6.07, 6.45) is 4.05. The molecule has 0 spiro atoms. The van der Waals surface area contributed by atoms with Crippen LogP contribution in [0.3, 0.4) is 0 Å². The summed E-state index contributed by atoms with van der Waals surface area (Å²) in [5.41, 5.74) is 5.67. The number of halogens is 3. The molecule has 2 aliphatic rings. The van der Waals surface area contributed by atoms with E-state index < -0.39 is 29.2 Å². The van der Waals surface area contributed by atoms with Crippen LogP contribution in [-0.2, 0) is 4.79 Å². The molecule has 1 unspecified atom stereocenters. The first-order valence-corrected chi connectivity index (χ1v) is 12.4. The van der Waals surface area contributed by atoms with Crippen LogP contribution in [-0.4, -0.2) is 60.7 Å². The van der Waals surface area contributed by atoms with Gasteiger partial charge in [0, 0.05) is 43.2 Å². The smallest absolute Gasteiger partial charge is 0.407 e. The predicted molar refractivity (Wildman–Crippen MR) is 131 cm³/mol. The molecule has 2 amide bonds. The molecule has 3 aromatic rings. The monoisotopic (exact) mass is 532 g/mol. The van der Waals surface area contributed by atoms with Gasteiger partial charge in [-0.25, -0.2) is 27.9 Å². The van der Waals surface area contributed by atoms with Gasteiger partial charge in [-0.1, -0.05) is 0 Å². The third-order valence-corrected chi connectivity index (χ3v) is 7.17. The number of anilines is 3. The minimum Gasteiger partial charge on any atom is -0.465 e. The Labute approximate surface area is 215 Å². The van der Waals surface area contributed by atoms with Gasteiger partial charge in [0.25, 0.3) is 0 Å². The molecule has 1 aromatic carbocycles. The second kappa shape index (κ2) is 10.3. The first kappa shape index (κ1) is 25.5.